The monoisotopic (exact) mass is 310 g/mol. The lowest BCUT2D eigenvalue weighted by atomic mass is 9.86. The van der Waals surface area contributed by atoms with Gasteiger partial charge in [0.25, 0.3) is 0 Å². The molecule has 0 atom stereocenters. The fourth-order valence-electron chi connectivity index (χ4n) is 2.58. The van der Waals surface area contributed by atoms with Crippen molar-refractivity contribution in [2.24, 2.45) is 5.41 Å². The Kier molecular flexibility index (Phi) is 5.56. The first-order chi connectivity index (χ1) is 9.66. The second-order valence-electron chi connectivity index (χ2n) is 6.52. The molecule has 0 aromatic rings. The van der Waals surface area contributed by atoms with Gasteiger partial charge in [-0.3, -0.25) is 9.59 Å². The zero-order chi connectivity index (χ0) is 16.3. The first-order valence-electron chi connectivity index (χ1n) is 7.40. The second kappa shape index (κ2) is 6.60. The van der Waals surface area contributed by atoms with Crippen molar-refractivity contribution in [3.63, 3.8) is 0 Å². The Labute approximate surface area is 128 Å². The summed E-state index contributed by atoms with van der Waals surface area (Å²) in [5, 5.41) is 0. The highest BCUT2D eigenvalue weighted by molar-refractivity contribution is 6.81. The molecule has 0 N–H and O–H groups in total. The van der Waals surface area contributed by atoms with Gasteiger partial charge in [0.05, 0.1) is 21.3 Å². The second-order valence-corrected chi connectivity index (χ2v) is 11.5. The van der Waals surface area contributed by atoms with Gasteiger partial charge in [-0.15, -0.1) is 0 Å². The van der Waals surface area contributed by atoms with Crippen LogP contribution in [0.1, 0.15) is 26.7 Å². The molecule has 4 nitrogen and oxygen atoms in total. The molecule has 1 aliphatic carbocycles. The third kappa shape index (κ3) is 4.06. The quantitative estimate of drug-likeness (QED) is 0.444. The largest absolute Gasteiger partial charge is 0.465 e. The van der Waals surface area contributed by atoms with E-state index in [1.807, 2.05) is 0 Å². The highest BCUT2D eigenvalue weighted by Gasteiger charge is 2.53. The average Bonchev–Trinajstić information content (AvgIpc) is 2.66. The Balaban J connectivity index is 3.18. The van der Waals surface area contributed by atoms with Crippen LogP contribution in [-0.2, 0) is 19.1 Å². The van der Waals surface area contributed by atoms with Gasteiger partial charge in [0, 0.05) is 0 Å². The average molecular weight is 310 g/mol. The first kappa shape index (κ1) is 17.7. The summed E-state index contributed by atoms with van der Waals surface area (Å²) in [6.45, 7) is 14.6. The predicted molar refractivity (Wildman–Crippen MR) is 85.5 cm³/mol. The van der Waals surface area contributed by atoms with Crippen LogP contribution in [0.15, 0.2) is 23.4 Å². The van der Waals surface area contributed by atoms with Crippen molar-refractivity contribution in [1.82, 2.24) is 0 Å². The maximum atomic E-state index is 12.4. The van der Waals surface area contributed by atoms with Gasteiger partial charge in [0.1, 0.15) is 0 Å². The number of carbonyl (C=O) groups excluding carboxylic acids is 2. The van der Waals surface area contributed by atoms with Gasteiger partial charge in [-0.25, -0.2) is 0 Å². The molecule has 0 spiro atoms. The van der Waals surface area contributed by atoms with E-state index in [4.69, 9.17) is 9.47 Å². The van der Waals surface area contributed by atoms with E-state index in [-0.39, 0.29) is 13.2 Å². The molecule has 0 heterocycles. The lowest BCUT2D eigenvalue weighted by Crippen LogP contribution is -2.40. The van der Waals surface area contributed by atoms with E-state index in [0.29, 0.717) is 12.8 Å². The van der Waals surface area contributed by atoms with E-state index in [1.165, 1.54) is 0 Å². The van der Waals surface area contributed by atoms with Crippen LogP contribution < -0.4 is 0 Å². The SMILES string of the molecule is C=C1CC(C(=O)OCC)(C(=O)OCC)C/C1=C\[Si](C)(C)C. The molecule has 5 heteroatoms. The summed E-state index contributed by atoms with van der Waals surface area (Å²) in [5.41, 5.74) is 2.82. The molecule has 0 saturated heterocycles. The van der Waals surface area contributed by atoms with Crippen LogP contribution in [0, 0.1) is 5.41 Å². The number of rotatable bonds is 5. The molecule has 21 heavy (non-hydrogen) atoms. The predicted octanol–water partition coefficient (Wildman–Crippen LogP) is 3.25. The van der Waals surface area contributed by atoms with E-state index >= 15 is 0 Å². The number of allylic oxidation sites excluding steroid dienone is 2. The molecule has 1 rings (SSSR count). The van der Waals surface area contributed by atoms with Crippen LogP contribution >= 0.6 is 0 Å². The first-order valence-corrected chi connectivity index (χ1v) is 11.0. The third-order valence-electron chi connectivity index (χ3n) is 3.40. The highest BCUT2D eigenvalue weighted by Crippen LogP contribution is 2.46. The van der Waals surface area contributed by atoms with Crippen LogP contribution in [-0.4, -0.2) is 33.2 Å². The maximum absolute atomic E-state index is 12.4. The molecule has 118 valence electrons. The molecule has 0 bridgehead atoms. The normalized spacial score (nSPS) is 19.7. The number of hydrogen-bond donors (Lipinski definition) is 0. The topological polar surface area (TPSA) is 52.6 Å². The molecule has 0 amide bonds. The van der Waals surface area contributed by atoms with Gasteiger partial charge in [0.15, 0.2) is 5.41 Å². The summed E-state index contributed by atoms with van der Waals surface area (Å²) < 4.78 is 10.3. The Morgan fingerprint density at radius 3 is 2.00 bits per heavy atom. The fourth-order valence-corrected chi connectivity index (χ4v) is 3.93. The minimum atomic E-state index is -1.46. The van der Waals surface area contributed by atoms with E-state index in [0.717, 1.165) is 11.1 Å². The van der Waals surface area contributed by atoms with Crippen molar-refractivity contribution in [1.29, 1.82) is 0 Å². The summed E-state index contributed by atoms with van der Waals surface area (Å²) in [6.07, 6.45) is 0.634. The Morgan fingerprint density at radius 2 is 1.62 bits per heavy atom. The van der Waals surface area contributed by atoms with Crippen LogP contribution in [0.2, 0.25) is 19.6 Å². The standard InChI is InChI=1S/C16H26O4Si/c1-7-19-14(17)16(15(18)20-8-2)9-12(3)13(10-16)11-21(4,5)6/h11H,3,7-10H2,1-2,4-6H3/b13-11+. The van der Waals surface area contributed by atoms with Crippen molar-refractivity contribution < 1.29 is 19.1 Å². The van der Waals surface area contributed by atoms with Gasteiger partial charge in [-0.1, -0.05) is 43.1 Å². The van der Waals surface area contributed by atoms with Gasteiger partial charge in [0.2, 0.25) is 0 Å². The molecular weight excluding hydrogens is 284 g/mol. The smallest absolute Gasteiger partial charge is 0.324 e. The summed E-state index contributed by atoms with van der Waals surface area (Å²) in [4.78, 5) is 24.7. The van der Waals surface area contributed by atoms with E-state index in [2.05, 4.69) is 31.9 Å². The van der Waals surface area contributed by atoms with E-state index < -0.39 is 25.4 Å². The zero-order valence-corrected chi connectivity index (χ0v) is 14.7. The molecule has 1 aliphatic rings. The molecule has 0 aromatic heterocycles. The summed E-state index contributed by atoms with van der Waals surface area (Å²) >= 11 is 0. The molecule has 0 aliphatic heterocycles. The lowest BCUT2D eigenvalue weighted by molar-refractivity contribution is -0.171. The van der Waals surface area contributed by atoms with Gasteiger partial charge < -0.3 is 9.47 Å². The van der Waals surface area contributed by atoms with Gasteiger partial charge in [-0.05, 0) is 26.7 Å². The summed E-state index contributed by atoms with van der Waals surface area (Å²) in [5.74, 6) is -0.993. The maximum Gasteiger partial charge on any atom is 0.324 e. The zero-order valence-electron chi connectivity index (χ0n) is 13.7. The van der Waals surface area contributed by atoms with Crippen molar-refractivity contribution in [2.75, 3.05) is 13.2 Å². The van der Waals surface area contributed by atoms with Gasteiger partial charge >= 0.3 is 11.9 Å². The number of carbonyl (C=O) groups is 2. The number of ether oxygens (including phenoxy) is 2. The Hall–Kier alpha value is -1.36. The van der Waals surface area contributed by atoms with Crippen molar-refractivity contribution in [3.8, 4) is 0 Å². The van der Waals surface area contributed by atoms with E-state index in [9.17, 15) is 9.59 Å². The van der Waals surface area contributed by atoms with Crippen molar-refractivity contribution in [2.45, 2.75) is 46.3 Å². The highest BCUT2D eigenvalue weighted by atomic mass is 28.3. The molecule has 1 fully saturated rings. The van der Waals surface area contributed by atoms with E-state index in [1.54, 1.807) is 13.8 Å². The molecule has 0 radical (unpaired) electrons. The summed E-state index contributed by atoms with van der Waals surface area (Å²) in [6, 6.07) is 0. The third-order valence-corrected chi connectivity index (χ3v) is 4.62. The molecule has 0 unspecified atom stereocenters. The molecule has 0 aromatic carbocycles. The fraction of sp³-hybridized carbons (Fsp3) is 0.625. The molecule has 1 saturated carbocycles. The van der Waals surface area contributed by atoms with Crippen molar-refractivity contribution in [3.05, 3.63) is 23.4 Å². The molecular formula is C16H26O4Si. The lowest BCUT2D eigenvalue weighted by Gasteiger charge is -2.23. The van der Waals surface area contributed by atoms with Crippen LogP contribution in [0.5, 0.6) is 0 Å². The minimum absolute atomic E-state index is 0.250. The number of esters is 2. The Bertz CT molecular complexity index is 453. The van der Waals surface area contributed by atoms with Crippen molar-refractivity contribution >= 4 is 20.0 Å². The van der Waals surface area contributed by atoms with Gasteiger partial charge in [-0.2, -0.15) is 0 Å². The van der Waals surface area contributed by atoms with Crippen LogP contribution in [0.25, 0.3) is 0 Å². The summed E-state index contributed by atoms with van der Waals surface area (Å²) in [7, 11) is -1.46. The Morgan fingerprint density at radius 1 is 1.14 bits per heavy atom. The minimum Gasteiger partial charge on any atom is -0.465 e. The number of hydrogen-bond acceptors (Lipinski definition) is 4. The van der Waals surface area contributed by atoms with Crippen LogP contribution in [0.3, 0.4) is 0 Å². The van der Waals surface area contributed by atoms with Crippen LogP contribution in [0.4, 0.5) is 0 Å².